The van der Waals surface area contributed by atoms with Gasteiger partial charge in [0.1, 0.15) is 0 Å². The molecule has 0 unspecified atom stereocenters. The first-order valence-corrected chi connectivity index (χ1v) is 7.14. The summed E-state index contributed by atoms with van der Waals surface area (Å²) < 4.78 is 7.90. The van der Waals surface area contributed by atoms with E-state index in [2.05, 4.69) is 51.0 Å². The Morgan fingerprint density at radius 2 is 2.26 bits per heavy atom. The molecule has 0 radical (unpaired) electrons. The van der Waals surface area contributed by atoms with Crippen LogP contribution in [0.5, 0.6) is 0 Å². The van der Waals surface area contributed by atoms with Crippen molar-refractivity contribution < 1.29 is 4.74 Å². The topological polar surface area (TPSA) is 52.0 Å². The Morgan fingerprint density at radius 3 is 2.89 bits per heavy atom. The Balaban J connectivity index is 2.05. The molecule has 1 N–H and O–H groups in total. The largest absolute Gasteiger partial charge is 0.383 e. The third-order valence-corrected chi connectivity index (χ3v) is 3.24. The minimum atomic E-state index is 0.718. The van der Waals surface area contributed by atoms with Gasteiger partial charge < -0.3 is 10.1 Å². The van der Waals surface area contributed by atoms with Crippen molar-refractivity contribution in [2.45, 2.75) is 13.5 Å². The number of methoxy groups -OCH3 is 1. The minimum Gasteiger partial charge on any atom is -0.383 e. The van der Waals surface area contributed by atoms with Crippen molar-refractivity contribution in [3.05, 3.63) is 39.4 Å². The molecule has 0 aliphatic heterocycles. The van der Waals surface area contributed by atoms with E-state index in [9.17, 15) is 0 Å². The Bertz CT molecular complexity index is 541. The van der Waals surface area contributed by atoms with E-state index in [0.717, 1.165) is 34.6 Å². The molecule has 0 aliphatic rings. The number of hydrogen-bond donors (Lipinski definition) is 1. The maximum atomic E-state index is 4.99. The lowest BCUT2D eigenvalue weighted by Gasteiger charge is -2.08. The lowest BCUT2D eigenvalue weighted by atomic mass is 10.2. The highest BCUT2D eigenvalue weighted by Crippen LogP contribution is 2.13. The van der Waals surface area contributed by atoms with Crippen LogP contribution in [-0.2, 0) is 11.3 Å². The molecule has 0 aromatic carbocycles. The number of hydrogen-bond acceptors (Lipinski definition) is 4. The summed E-state index contributed by atoms with van der Waals surface area (Å²) in [6.07, 6.45) is 5.67. The number of nitrogens with zero attached hydrogens (tertiary/aromatic N) is 3. The van der Waals surface area contributed by atoms with Crippen LogP contribution >= 0.6 is 22.6 Å². The number of aryl methyl sites for hydroxylation is 1. The zero-order chi connectivity index (χ0) is 13.7. The number of ether oxygens (including phenoxy) is 1. The fourth-order valence-corrected chi connectivity index (χ4v) is 2.17. The third-order valence-electron chi connectivity index (χ3n) is 2.69. The molecular formula is C13H17IN4O. The molecule has 0 spiro atoms. The van der Waals surface area contributed by atoms with Crippen molar-refractivity contribution in [3.63, 3.8) is 0 Å². The van der Waals surface area contributed by atoms with Crippen molar-refractivity contribution in [1.82, 2.24) is 20.1 Å². The van der Waals surface area contributed by atoms with Gasteiger partial charge in [-0.2, -0.15) is 5.10 Å². The summed E-state index contributed by atoms with van der Waals surface area (Å²) >= 11 is 2.24. The molecule has 2 aromatic rings. The van der Waals surface area contributed by atoms with Gasteiger partial charge in [-0.25, -0.2) is 9.67 Å². The van der Waals surface area contributed by atoms with Crippen molar-refractivity contribution in [3.8, 4) is 5.82 Å². The summed E-state index contributed by atoms with van der Waals surface area (Å²) in [5.74, 6) is 0.878. The van der Waals surface area contributed by atoms with Crippen LogP contribution in [0.15, 0.2) is 24.7 Å². The van der Waals surface area contributed by atoms with Gasteiger partial charge in [0.15, 0.2) is 5.82 Å². The van der Waals surface area contributed by atoms with Crippen molar-refractivity contribution in [2.24, 2.45) is 0 Å². The zero-order valence-electron chi connectivity index (χ0n) is 11.1. The summed E-state index contributed by atoms with van der Waals surface area (Å²) in [4.78, 5) is 4.49. The molecule has 0 saturated heterocycles. The quantitative estimate of drug-likeness (QED) is 0.622. The zero-order valence-corrected chi connectivity index (χ0v) is 13.2. The van der Waals surface area contributed by atoms with Crippen LogP contribution < -0.4 is 5.32 Å². The van der Waals surface area contributed by atoms with Gasteiger partial charge in [0.05, 0.1) is 16.4 Å². The molecule has 6 heteroatoms. The molecule has 2 rings (SSSR count). The van der Waals surface area contributed by atoms with E-state index in [1.807, 2.05) is 18.6 Å². The van der Waals surface area contributed by atoms with Gasteiger partial charge in [-0.1, -0.05) is 0 Å². The van der Waals surface area contributed by atoms with Crippen molar-refractivity contribution in [2.75, 3.05) is 20.3 Å². The van der Waals surface area contributed by atoms with Crippen molar-refractivity contribution in [1.29, 1.82) is 0 Å². The monoisotopic (exact) mass is 372 g/mol. The van der Waals surface area contributed by atoms with Crippen LogP contribution in [0.1, 0.15) is 11.1 Å². The second kappa shape index (κ2) is 6.97. The van der Waals surface area contributed by atoms with Crippen LogP contribution in [-0.4, -0.2) is 35.0 Å². The maximum Gasteiger partial charge on any atom is 0.156 e. The second-order valence-corrected chi connectivity index (χ2v) is 5.50. The van der Waals surface area contributed by atoms with Gasteiger partial charge in [-0.3, -0.25) is 0 Å². The average Bonchev–Trinajstić information content (AvgIpc) is 2.81. The standard InChI is InChI=1S/C13H17IN4O/c1-10-5-11(6-15-3-4-19-2)7-16-13(10)18-9-12(14)8-17-18/h5,7-9,15H,3-4,6H2,1-2H3. The highest BCUT2D eigenvalue weighted by molar-refractivity contribution is 14.1. The fraction of sp³-hybridized carbons (Fsp3) is 0.385. The molecule has 0 bridgehead atoms. The SMILES string of the molecule is COCCNCc1cnc(-n2cc(I)cn2)c(C)c1. The lowest BCUT2D eigenvalue weighted by Crippen LogP contribution is -2.18. The van der Waals surface area contributed by atoms with Crippen molar-refractivity contribution >= 4 is 22.6 Å². The molecule has 19 heavy (non-hydrogen) atoms. The van der Waals surface area contributed by atoms with Crippen LogP contribution in [0.4, 0.5) is 0 Å². The van der Waals surface area contributed by atoms with E-state index in [1.165, 1.54) is 5.56 Å². The molecule has 2 aromatic heterocycles. The molecule has 2 heterocycles. The summed E-state index contributed by atoms with van der Waals surface area (Å²) in [7, 11) is 1.70. The molecule has 0 aliphatic carbocycles. The van der Waals surface area contributed by atoms with Gasteiger partial charge in [0.25, 0.3) is 0 Å². The van der Waals surface area contributed by atoms with Crippen LogP contribution in [0, 0.1) is 10.5 Å². The van der Waals surface area contributed by atoms with E-state index in [0.29, 0.717) is 0 Å². The molecule has 0 saturated carbocycles. The summed E-state index contributed by atoms with van der Waals surface area (Å²) in [6, 6.07) is 2.14. The number of pyridine rings is 1. The van der Waals surface area contributed by atoms with E-state index in [4.69, 9.17) is 4.74 Å². The van der Waals surface area contributed by atoms with E-state index in [-0.39, 0.29) is 0 Å². The Kier molecular flexibility index (Phi) is 5.29. The molecule has 102 valence electrons. The predicted molar refractivity (Wildman–Crippen MR) is 82.4 cm³/mol. The smallest absolute Gasteiger partial charge is 0.156 e. The molecule has 0 fully saturated rings. The average molecular weight is 372 g/mol. The number of aromatic nitrogens is 3. The maximum absolute atomic E-state index is 4.99. The Hall–Kier alpha value is -0.990. The molecule has 0 atom stereocenters. The fourth-order valence-electron chi connectivity index (χ4n) is 1.79. The predicted octanol–water partition coefficient (Wildman–Crippen LogP) is 1.92. The summed E-state index contributed by atoms with van der Waals surface area (Å²) in [6.45, 7) is 4.41. The lowest BCUT2D eigenvalue weighted by molar-refractivity contribution is 0.199. The highest BCUT2D eigenvalue weighted by Gasteiger charge is 2.05. The van der Waals surface area contributed by atoms with Gasteiger partial charge in [-0.15, -0.1) is 0 Å². The normalized spacial score (nSPS) is 10.9. The first-order chi connectivity index (χ1) is 9.20. The molecular weight excluding hydrogens is 355 g/mol. The highest BCUT2D eigenvalue weighted by atomic mass is 127. The molecule has 5 nitrogen and oxygen atoms in total. The van der Waals surface area contributed by atoms with Crippen LogP contribution in [0.3, 0.4) is 0 Å². The Labute approximate surface area is 126 Å². The van der Waals surface area contributed by atoms with Crippen LogP contribution in [0.2, 0.25) is 0 Å². The summed E-state index contributed by atoms with van der Waals surface area (Å²) in [5.41, 5.74) is 2.28. The first-order valence-electron chi connectivity index (χ1n) is 6.06. The van der Waals surface area contributed by atoms with E-state index in [1.54, 1.807) is 11.8 Å². The van der Waals surface area contributed by atoms with Gasteiger partial charge in [0.2, 0.25) is 0 Å². The van der Waals surface area contributed by atoms with E-state index < -0.39 is 0 Å². The first kappa shape index (κ1) is 14.4. The second-order valence-electron chi connectivity index (χ2n) is 4.26. The number of rotatable bonds is 6. The van der Waals surface area contributed by atoms with Gasteiger partial charge in [0, 0.05) is 32.6 Å². The minimum absolute atomic E-state index is 0.718. The van der Waals surface area contributed by atoms with Gasteiger partial charge >= 0.3 is 0 Å². The van der Waals surface area contributed by atoms with Gasteiger partial charge in [-0.05, 0) is 46.7 Å². The number of nitrogens with one attached hydrogen (secondary N) is 1. The Morgan fingerprint density at radius 1 is 1.42 bits per heavy atom. The molecule has 0 amide bonds. The third kappa shape index (κ3) is 3.99. The van der Waals surface area contributed by atoms with Crippen LogP contribution in [0.25, 0.3) is 5.82 Å². The number of halogens is 1. The van der Waals surface area contributed by atoms with E-state index >= 15 is 0 Å². The summed E-state index contributed by atoms with van der Waals surface area (Å²) in [5, 5.41) is 7.58.